The summed E-state index contributed by atoms with van der Waals surface area (Å²) in [5.41, 5.74) is 0. The zero-order chi connectivity index (χ0) is 13.7. The van der Waals surface area contributed by atoms with Crippen LogP contribution in [0.15, 0.2) is 0 Å². The molecule has 0 aromatic rings. The van der Waals surface area contributed by atoms with Crippen molar-refractivity contribution >= 4 is 11.8 Å². The maximum atomic E-state index is 12.2. The minimum Gasteiger partial charge on any atom is -0.396 e. The molecule has 0 bridgehead atoms. The lowest BCUT2D eigenvalue weighted by Crippen LogP contribution is -2.52. The standard InChI is InChI=1S/C13H24N2O3/c1-9(2)12(15-7-4-5-11(15)17)13(18)14-10(3)6-8-16/h9-10,12,16H,4-8H2,1-3H3,(H,14,18)/t10-,12?/m1/s1. The topological polar surface area (TPSA) is 69.6 Å². The molecule has 0 aromatic carbocycles. The zero-order valence-corrected chi connectivity index (χ0v) is 11.5. The highest BCUT2D eigenvalue weighted by atomic mass is 16.3. The van der Waals surface area contributed by atoms with Crippen LogP contribution in [0, 0.1) is 5.92 Å². The number of carbonyl (C=O) groups is 2. The van der Waals surface area contributed by atoms with Gasteiger partial charge in [-0.2, -0.15) is 0 Å². The molecule has 1 rings (SSSR count). The Bertz CT molecular complexity index is 305. The van der Waals surface area contributed by atoms with E-state index in [9.17, 15) is 9.59 Å². The van der Waals surface area contributed by atoms with E-state index in [0.29, 0.717) is 19.4 Å². The number of likely N-dealkylation sites (tertiary alicyclic amines) is 1. The summed E-state index contributed by atoms with van der Waals surface area (Å²) in [6.45, 7) is 6.48. The second-order valence-electron chi connectivity index (χ2n) is 5.30. The number of aliphatic hydroxyl groups is 1. The van der Waals surface area contributed by atoms with E-state index >= 15 is 0 Å². The molecule has 2 amide bonds. The summed E-state index contributed by atoms with van der Waals surface area (Å²) >= 11 is 0. The van der Waals surface area contributed by atoms with Gasteiger partial charge in [-0.1, -0.05) is 13.8 Å². The molecule has 5 heteroatoms. The smallest absolute Gasteiger partial charge is 0.243 e. The van der Waals surface area contributed by atoms with Crippen LogP contribution in [0.2, 0.25) is 0 Å². The van der Waals surface area contributed by atoms with Crippen molar-refractivity contribution in [3.05, 3.63) is 0 Å². The molecule has 0 saturated carbocycles. The summed E-state index contributed by atoms with van der Waals surface area (Å²) in [7, 11) is 0. The van der Waals surface area contributed by atoms with Crippen molar-refractivity contribution in [2.24, 2.45) is 5.92 Å². The third kappa shape index (κ3) is 3.70. The van der Waals surface area contributed by atoms with Gasteiger partial charge >= 0.3 is 0 Å². The molecule has 1 heterocycles. The fraction of sp³-hybridized carbons (Fsp3) is 0.846. The lowest BCUT2D eigenvalue weighted by atomic mass is 10.0. The number of hydrogen-bond donors (Lipinski definition) is 2. The van der Waals surface area contributed by atoms with Gasteiger partial charge in [-0.3, -0.25) is 9.59 Å². The van der Waals surface area contributed by atoms with Gasteiger partial charge in [0.25, 0.3) is 0 Å². The fourth-order valence-electron chi connectivity index (χ4n) is 2.36. The van der Waals surface area contributed by atoms with Gasteiger partial charge in [0.05, 0.1) is 0 Å². The number of aliphatic hydroxyl groups excluding tert-OH is 1. The molecule has 104 valence electrons. The molecule has 0 radical (unpaired) electrons. The van der Waals surface area contributed by atoms with Gasteiger partial charge in [-0.15, -0.1) is 0 Å². The maximum absolute atomic E-state index is 12.2. The monoisotopic (exact) mass is 256 g/mol. The molecule has 0 aliphatic carbocycles. The van der Waals surface area contributed by atoms with Crippen LogP contribution < -0.4 is 5.32 Å². The summed E-state index contributed by atoms with van der Waals surface area (Å²) in [5, 5.41) is 11.7. The van der Waals surface area contributed by atoms with Gasteiger partial charge in [0, 0.05) is 25.6 Å². The van der Waals surface area contributed by atoms with E-state index in [0.717, 1.165) is 6.42 Å². The summed E-state index contributed by atoms with van der Waals surface area (Å²) in [4.78, 5) is 25.6. The molecule has 1 aliphatic rings. The van der Waals surface area contributed by atoms with Crippen molar-refractivity contribution in [3.8, 4) is 0 Å². The number of amides is 2. The SMILES string of the molecule is CC(C)C(C(=O)N[C@H](C)CCO)N1CCCC1=O. The van der Waals surface area contributed by atoms with Gasteiger partial charge in [0.1, 0.15) is 6.04 Å². The first kappa shape index (κ1) is 15.0. The summed E-state index contributed by atoms with van der Waals surface area (Å²) in [6.07, 6.45) is 1.91. The maximum Gasteiger partial charge on any atom is 0.243 e. The first-order valence-corrected chi connectivity index (χ1v) is 6.68. The average Bonchev–Trinajstić information content (AvgIpc) is 2.64. The molecule has 0 aromatic heterocycles. The molecule has 2 atom stereocenters. The second kappa shape index (κ2) is 6.73. The van der Waals surface area contributed by atoms with Crippen LogP contribution in [-0.4, -0.2) is 47.1 Å². The van der Waals surface area contributed by atoms with Crippen molar-refractivity contribution in [2.45, 2.75) is 52.1 Å². The molecule has 1 unspecified atom stereocenters. The van der Waals surface area contributed by atoms with Crippen LogP contribution in [0.25, 0.3) is 0 Å². The Morgan fingerprint density at radius 1 is 1.44 bits per heavy atom. The second-order valence-corrected chi connectivity index (χ2v) is 5.30. The lowest BCUT2D eigenvalue weighted by Gasteiger charge is -2.31. The van der Waals surface area contributed by atoms with Crippen molar-refractivity contribution in [1.29, 1.82) is 0 Å². The quantitative estimate of drug-likeness (QED) is 0.728. The van der Waals surface area contributed by atoms with Crippen LogP contribution in [0.3, 0.4) is 0 Å². The molecule has 0 spiro atoms. The molecule has 1 aliphatic heterocycles. The number of carbonyl (C=O) groups excluding carboxylic acids is 2. The van der Waals surface area contributed by atoms with E-state index in [4.69, 9.17) is 5.11 Å². The Kier molecular flexibility index (Phi) is 5.59. The van der Waals surface area contributed by atoms with Crippen LogP contribution in [0.5, 0.6) is 0 Å². The minimum absolute atomic E-state index is 0.0520. The fourth-order valence-corrected chi connectivity index (χ4v) is 2.36. The number of rotatable bonds is 6. The summed E-state index contributed by atoms with van der Waals surface area (Å²) in [5.74, 6) is 0.0493. The first-order chi connectivity index (χ1) is 8.47. The van der Waals surface area contributed by atoms with E-state index in [1.54, 1.807) is 4.90 Å². The largest absolute Gasteiger partial charge is 0.396 e. The molecule has 2 N–H and O–H groups in total. The Morgan fingerprint density at radius 2 is 2.11 bits per heavy atom. The highest BCUT2D eigenvalue weighted by Crippen LogP contribution is 2.19. The van der Waals surface area contributed by atoms with E-state index in [2.05, 4.69) is 5.32 Å². The summed E-state index contributed by atoms with van der Waals surface area (Å²) < 4.78 is 0. The third-order valence-corrected chi connectivity index (χ3v) is 3.30. The predicted molar refractivity (Wildman–Crippen MR) is 68.9 cm³/mol. The first-order valence-electron chi connectivity index (χ1n) is 6.68. The van der Waals surface area contributed by atoms with Crippen molar-refractivity contribution in [1.82, 2.24) is 10.2 Å². The van der Waals surface area contributed by atoms with Crippen LogP contribution >= 0.6 is 0 Å². The molecule has 1 fully saturated rings. The van der Waals surface area contributed by atoms with Crippen LogP contribution in [-0.2, 0) is 9.59 Å². The van der Waals surface area contributed by atoms with Gasteiger partial charge in [-0.25, -0.2) is 0 Å². The molecule has 5 nitrogen and oxygen atoms in total. The van der Waals surface area contributed by atoms with Gasteiger partial charge in [0.2, 0.25) is 11.8 Å². The van der Waals surface area contributed by atoms with Gasteiger partial charge < -0.3 is 15.3 Å². The third-order valence-electron chi connectivity index (χ3n) is 3.30. The van der Waals surface area contributed by atoms with Crippen molar-refractivity contribution in [3.63, 3.8) is 0 Å². The minimum atomic E-state index is -0.388. The molecular formula is C13H24N2O3. The average molecular weight is 256 g/mol. The number of nitrogens with one attached hydrogen (secondary N) is 1. The van der Waals surface area contributed by atoms with Crippen molar-refractivity contribution in [2.75, 3.05) is 13.2 Å². The zero-order valence-electron chi connectivity index (χ0n) is 11.5. The Morgan fingerprint density at radius 3 is 2.56 bits per heavy atom. The van der Waals surface area contributed by atoms with E-state index in [1.165, 1.54) is 0 Å². The normalized spacial score (nSPS) is 19.2. The molecule has 1 saturated heterocycles. The number of hydrogen-bond acceptors (Lipinski definition) is 3. The highest BCUT2D eigenvalue weighted by Gasteiger charge is 2.35. The predicted octanol–water partition coefficient (Wildman–Crippen LogP) is 0.521. The van der Waals surface area contributed by atoms with Crippen LogP contribution in [0.4, 0.5) is 0 Å². The van der Waals surface area contributed by atoms with E-state index < -0.39 is 0 Å². The number of nitrogens with zero attached hydrogens (tertiary/aromatic N) is 1. The van der Waals surface area contributed by atoms with E-state index in [1.807, 2.05) is 20.8 Å². The van der Waals surface area contributed by atoms with Crippen molar-refractivity contribution < 1.29 is 14.7 Å². The molecular weight excluding hydrogens is 232 g/mol. The van der Waals surface area contributed by atoms with Gasteiger partial charge in [0.15, 0.2) is 0 Å². The van der Waals surface area contributed by atoms with E-state index in [-0.39, 0.29) is 36.4 Å². The molecule has 18 heavy (non-hydrogen) atoms. The Balaban J connectivity index is 2.66. The summed E-state index contributed by atoms with van der Waals surface area (Å²) in [6, 6.07) is -0.456. The highest BCUT2D eigenvalue weighted by molar-refractivity contribution is 5.88. The van der Waals surface area contributed by atoms with Crippen LogP contribution in [0.1, 0.15) is 40.0 Å². The lowest BCUT2D eigenvalue weighted by molar-refractivity contribution is -0.139. The Hall–Kier alpha value is -1.10. The Labute approximate surface area is 109 Å². The van der Waals surface area contributed by atoms with Gasteiger partial charge in [-0.05, 0) is 25.7 Å².